The third-order valence-corrected chi connectivity index (χ3v) is 4.68. The molecule has 2 heterocycles. The number of benzene rings is 1. The molecule has 3 rings (SSSR count). The lowest BCUT2D eigenvalue weighted by molar-refractivity contribution is 0.194. The van der Waals surface area contributed by atoms with Crippen molar-refractivity contribution in [3.8, 4) is 10.4 Å². The molecule has 19 heavy (non-hydrogen) atoms. The van der Waals surface area contributed by atoms with Crippen molar-refractivity contribution < 1.29 is 4.74 Å². The zero-order valence-electron chi connectivity index (χ0n) is 11.1. The van der Waals surface area contributed by atoms with Crippen LogP contribution in [-0.4, -0.2) is 25.2 Å². The molecule has 0 radical (unpaired) electrons. The van der Waals surface area contributed by atoms with Gasteiger partial charge in [-0.05, 0) is 19.0 Å². The van der Waals surface area contributed by atoms with Crippen molar-refractivity contribution in [2.45, 2.75) is 18.9 Å². The maximum atomic E-state index is 5.48. The lowest BCUT2D eigenvalue weighted by Gasteiger charge is -2.00. The molecule has 1 aliphatic heterocycles. The number of aromatic nitrogens is 1. The van der Waals surface area contributed by atoms with Crippen LogP contribution in [0.3, 0.4) is 0 Å². The molecule has 1 fully saturated rings. The molecule has 0 saturated carbocycles. The molecule has 0 amide bonds. The van der Waals surface area contributed by atoms with Gasteiger partial charge in [-0.2, -0.15) is 0 Å². The van der Waals surface area contributed by atoms with Crippen LogP contribution in [0, 0.1) is 0 Å². The van der Waals surface area contributed by atoms with E-state index >= 15 is 0 Å². The Balaban J connectivity index is 1.97. The highest BCUT2D eigenvalue weighted by Crippen LogP contribution is 2.36. The molecule has 0 bridgehead atoms. The summed E-state index contributed by atoms with van der Waals surface area (Å²) in [4.78, 5) is 6.12. The number of thiazole rings is 1. The summed E-state index contributed by atoms with van der Waals surface area (Å²) in [6, 6.07) is 10.5. The minimum Gasteiger partial charge on any atom is -0.381 e. The number of nitrogens with one attached hydrogen (secondary N) is 1. The van der Waals surface area contributed by atoms with E-state index in [0.717, 1.165) is 31.9 Å². The zero-order valence-corrected chi connectivity index (χ0v) is 11.9. The first-order valence-electron chi connectivity index (χ1n) is 6.66. The van der Waals surface area contributed by atoms with Crippen LogP contribution < -0.4 is 5.32 Å². The topological polar surface area (TPSA) is 34.2 Å². The average molecular weight is 274 g/mol. The van der Waals surface area contributed by atoms with E-state index in [9.17, 15) is 0 Å². The summed E-state index contributed by atoms with van der Waals surface area (Å²) < 4.78 is 5.48. The Bertz CT molecular complexity index is 532. The molecule has 1 N–H and O–H groups in total. The van der Waals surface area contributed by atoms with E-state index < -0.39 is 0 Å². The fourth-order valence-electron chi connectivity index (χ4n) is 2.38. The van der Waals surface area contributed by atoms with Gasteiger partial charge in [-0.25, -0.2) is 4.98 Å². The van der Waals surface area contributed by atoms with Gasteiger partial charge in [-0.1, -0.05) is 30.3 Å². The van der Waals surface area contributed by atoms with E-state index in [1.165, 1.54) is 15.4 Å². The summed E-state index contributed by atoms with van der Waals surface area (Å²) in [6.07, 6.45) is 1.10. The standard InChI is InChI=1S/C15H18N2OS/c1-16-9-13-14(11-5-3-2-4-6-11)19-15(17-13)12-7-8-18-10-12/h2-6,12,16H,7-10H2,1H3. The van der Waals surface area contributed by atoms with E-state index in [1.807, 2.05) is 24.5 Å². The smallest absolute Gasteiger partial charge is 0.0990 e. The minimum absolute atomic E-state index is 0.484. The normalized spacial score (nSPS) is 18.9. The van der Waals surface area contributed by atoms with Gasteiger partial charge in [0.1, 0.15) is 0 Å². The van der Waals surface area contributed by atoms with E-state index in [-0.39, 0.29) is 0 Å². The Labute approximate surface area is 117 Å². The lowest BCUT2D eigenvalue weighted by atomic mass is 10.1. The Morgan fingerprint density at radius 1 is 1.37 bits per heavy atom. The molecule has 100 valence electrons. The monoisotopic (exact) mass is 274 g/mol. The van der Waals surface area contributed by atoms with Crippen LogP contribution in [0.4, 0.5) is 0 Å². The van der Waals surface area contributed by atoms with Gasteiger partial charge in [-0.15, -0.1) is 11.3 Å². The Hall–Kier alpha value is -1.23. The van der Waals surface area contributed by atoms with Gasteiger partial charge in [0.25, 0.3) is 0 Å². The molecule has 1 saturated heterocycles. The fraction of sp³-hybridized carbons (Fsp3) is 0.400. The first-order valence-corrected chi connectivity index (χ1v) is 7.47. The molecule has 0 spiro atoms. The second kappa shape index (κ2) is 5.82. The molecule has 2 aromatic rings. The van der Waals surface area contributed by atoms with Crippen molar-refractivity contribution in [2.75, 3.05) is 20.3 Å². The van der Waals surface area contributed by atoms with Crippen LogP contribution in [0.25, 0.3) is 10.4 Å². The summed E-state index contributed by atoms with van der Waals surface area (Å²) in [6.45, 7) is 2.50. The predicted molar refractivity (Wildman–Crippen MR) is 78.5 cm³/mol. The summed E-state index contributed by atoms with van der Waals surface area (Å²) in [5, 5.41) is 4.43. The third kappa shape index (κ3) is 2.71. The van der Waals surface area contributed by atoms with Crippen LogP contribution in [0.15, 0.2) is 30.3 Å². The second-order valence-corrected chi connectivity index (χ2v) is 5.82. The fourth-order valence-corrected chi connectivity index (χ4v) is 3.58. The van der Waals surface area contributed by atoms with Gasteiger partial charge in [0.2, 0.25) is 0 Å². The Kier molecular flexibility index (Phi) is 3.92. The number of rotatable bonds is 4. The SMILES string of the molecule is CNCc1nc(C2CCOC2)sc1-c1ccccc1. The lowest BCUT2D eigenvalue weighted by Crippen LogP contribution is -2.07. The van der Waals surface area contributed by atoms with Crippen molar-refractivity contribution in [1.29, 1.82) is 0 Å². The van der Waals surface area contributed by atoms with Crippen LogP contribution in [0.5, 0.6) is 0 Å². The van der Waals surface area contributed by atoms with E-state index in [0.29, 0.717) is 5.92 Å². The molecule has 1 aromatic heterocycles. The number of ether oxygens (including phenoxy) is 1. The van der Waals surface area contributed by atoms with Crippen molar-refractivity contribution in [3.05, 3.63) is 41.0 Å². The Morgan fingerprint density at radius 3 is 2.89 bits per heavy atom. The number of hydrogen-bond donors (Lipinski definition) is 1. The van der Waals surface area contributed by atoms with Gasteiger partial charge >= 0.3 is 0 Å². The van der Waals surface area contributed by atoms with Crippen LogP contribution in [0.2, 0.25) is 0 Å². The first-order chi connectivity index (χ1) is 9.38. The molecule has 1 unspecified atom stereocenters. The molecule has 0 aliphatic carbocycles. The highest BCUT2D eigenvalue weighted by molar-refractivity contribution is 7.15. The molecule has 3 nitrogen and oxygen atoms in total. The average Bonchev–Trinajstić information content (AvgIpc) is 3.08. The summed E-state index contributed by atoms with van der Waals surface area (Å²) in [5.74, 6) is 0.484. The summed E-state index contributed by atoms with van der Waals surface area (Å²) in [5.41, 5.74) is 2.41. The maximum Gasteiger partial charge on any atom is 0.0990 e. The predicted octanol–water partition coefficient (Wildman–Crippen LogP) is 3.03. The van der Waals surface area contributed by atoms with E-state index in [4.69, 9.17) is 9.72 Å². The molecular formula is C15H18N2OS. The summed E-state index contributed by atoms with van der Waals surface area (Å²) in [7, 11) is 1.96. The van der Waals surface area contributed by atoms with Crippen LogP contribution in [-0.2, 0) is 11.3 Å². The van der Waals surface area contributed by atoms with Gasteiger partial charge in [0.05, 0.1) is 22.2 Å². The van der Waals surface area contributed by atoms with Gasteiger partial charge < -0.3 is 10.1 Å². The van der Waals surface area contributed by atoms with Crippen molar-refractivity contribution >= 4 is 11.3 Å². The summed E-state index contributed by atoms with van der Waals surface area (Å²) >= 11 is 1.82. The van der Waals surface area contributed by atoms with Crippen molar-refractivity contribution in [1.82, 2.24) is 10.3 Å². The molecular weight excluding hydrogens is 256 g/mol. The van der Waals surface area contributed by atoms with Crippen LogP contribution >= 0.6 is 11.3 Å². The van der Waals surface area contributed by atoms with E-state index in [2.05, 4.69) is 29.6 Å². The molecule has 1 atom stereocenters. The molecule has 1 aromatic carbocycles. The highest BCUT2D eigenvalue weighted by Gasteiger charge is 2.23. The minimum atomic E-state index is 0.484. The molecule has 4 heteroatoms. The second-order valence-electron chi connectivity index (χ2n) is 4.78. The number of nitrogens with zero attached hydrogens (tertiary/aromatic N) is 1. The third-order valence-electron chi connectivity index (χ3n) is 3.37. The maximum absolute atomic E-state index is 5.48. The zero-order chi connectivity index (χ0) is 13.1. The highest BCUT2D eigenvalue weighted by atomic mass is 32.1. The van der Waals surface area contributed by atoms with Gasteiger partial charge in [0.15, 0.2) is 0 Å². The van der Waals surface area contributed by atoms with E-state index in [1.54, 1.807) is 0 Å². The molecule has 1 aliphatic rings. The van der Waals surface area contributed by atoms with Crippen LogP contribution in [0.1, 0.15) is 23.0 Å². The first kappa shape index (κ1) is 12.8. The van der Waals surface area contributed by atoms with Crippen molar-refractivity contribution in [2.24, 2.45) is 0 Å². The largest absolute Gasteiger partial charge is 0.381 e. The van der Waals surface area contributed by atoms with Gasteiger partial charge in [-0.3, -0.25) is 0 Å². The van der Waals surface area contributed by atoms with Crippen molar-refractivity contribution in [3.63, 3.8) is 0 Å². The van der Waals surface area contributed by atoms with Gasteiger partial charge in [0, 0.05) is 19.1 Å². The number of hydrogen-bond acceptors (Lipinski definition) is 4. The quantitative estimate of drug-likeness (QED) is 0.930. The Morgan fingerprint density at radius 2 is 2.21 bits per heavy atom.